The number of aliphatic hydroxyl groups is 1. The van der Waals surface area contributed by atoms with E-state index in [0.717, 1.165) is 0 Å². The predicted octanol–water partition coefficient (Wildman–Crippen LogP) is -0.778. The number of aromatic amines is 1. The molecule has 3 atom stereocenters. The number of pyridine rings is 1. The monoisotopic (exact) mass is 282 g/mol. The van der Waals surface area contributed by atoms with Crippen LogP contribution in [0.1, 0.15) is 10.4 Å². The van der Waals surface area contributed by atoms with Crippen molar-refractivity contribution in [3.05, 3.63) is 34.2 Å². The summed E-state index contributed by atoms with van der Waals surface area (Å²) in [7, 11) is 3.08. The van der Waals surface area contributed by atoms with Gasteiger partial charge in [-0.3, -0.25) is 9.59 Å². The highest BCUT2D eigenvalue weighted by Gasteiger charge is 2.37. The second-order valence-corrected chi connectivity index (χ2v) is 4.73. The predicted molar refractivity (Wildman–Crippen MR) is 70.6 cm³/mol. The minimum atomic E-state index is -0.814. The van der Waals surface area contributed by atoms with E-state index in [-0.39, 0.29) is 18.1 Å². The molecule has 20 heavy (non-hydrogen) atoms. The zero-order chi connectivity index (χ0) is 14.7. The van der Waals surface area contributed by atoms with Gasteiger partial charge in [0.15, 0.2) is 0 Å². The third-order valence-electron chi connectivity index (χ3n) is 3.50. The van der Waals surface area contributed by atoms with Crippen LogP contribution in [0.2, 0.25) is 0 Å². The molecule has 7 nitrogen and oxygen atoms in total. The van der Waals surface area contributed by atoms with Crippen molar-refractivity contribution >= 4 is 5.91 Å². The molecule has 0 saturated carbocycles. The van der Waals surface area contributed by atoms with Crippen molar-refractivity contribution in [3.8, 4) is 0 Å². The lowest BCUT2D eigenvalue weighted by Gasteiger charge is -2.38. The van der Waals surface area contributed by atoms with Crippen LogP contribution in [0.4, 0.5) is 0 Å². The Morgan fingerprint density at radius 1 is 1.50 bits per heavy atom. The summed E-state index contributed by atoms with van der Waals surface area (Å²) in [5, 5.41) is 10.2. The van der Waals surface area contributed by atoms with Crippen molar-refractivity contribution in [1.82, 2.24) is 9.88 Å². The number of methoxy groups -OCH3 is 1. The van der Waals surface area contributed by atoms with Crippen LogP contribution in [-0.4, -0.2) is 66.5 Å². The molecule has 0 aromatic carbocycles. The van der Waals surface area contributed by atoms with Gasteiger partial charge < -0.3 is 24.5 Å². The van der Waals surface area contributed by atoms with Crippen molar-refractivity contribution in [2.75, 3.05) is 27.4 Å². The van der Waals surface area contributed by atoms with Crippen LogP contribution < -0.4 is 5.56 Å². The molecular weight excluding hydrogens is 264 g/mol. The van der Waals surface area contributed by atoms with Gasteiger partial charge in [0.2, 0.25) is 5.56 Å². The van der Waals surface area contributed by atoms with Gasteiger partial charge in [-0.1, -0.05) is 0 Å². The molecule has 1 saturated heterocycles. The number of carbonyl (C=O) groups excluding carboxylic acids is 1. The van der Waals surface area contributed by atoms with Crippen molar-refractivity contribution < 1.29 is 19.4 Å². The molecule has 0 radical (unpaired) electrons. The number of ether oxygens (including phenoxy) is 2. The van der Waals surface area contributed by atoms with Crippen LogP contribution in [0.3, 0.4) is 0 Å². The molecule has 2 N–H and O–H groups in total. The van der Waals surface area contributed by atoms with E-state index in [1.54, 1.807) is 7.05 Å². The first-order valence-corrected chi connectivity index (χ1v) is 6.29. The van der Waals surface area contributed by atoms with E-state index in [4.69, 9.17) is 9.47 Å². The van der Waals surface area contributed by atoms with Gasteiger partial charge in [-0.2, -0.15) is 0 Å². The van der Waals surface area contributed by atoms with E-state index in [9.17, 15) is 14.7 Å². The number of amides is 1. The van der Waals surface area contributed by atoms with Gasteiger partial charge in [-0.05, 0) is 6.07 Å². The lowest BCUT2D eigenvalue weighted by molar-refractivity contribution is -0.135. The Morgan fingerprint density at radius 2 is 2.25 bits per heavy atom. The Morgan fingerprint density at radius 3 is 2.85 bits per heavy atom. The molecule has 1 aliphatic rings. The number of hydrogen-bond donors (Lipinski definition) is 2. The molecule has 2 heterocycles. The molecule has 1 aromatic heterocycles. The van der Waals surface area contributed by atoms with Gasteiger partial charge in [0.1, 0.15) is 12.2 Å². The van der Waals surface area contributed by atoms with E-state index in [0.29, 0.717) is 12.2 Å². The Kier molecular flexibility index (Phi) is 4.53. The maximum absolute atomic E-state index is 12.3. The lowest BCUT2D eigenvalue weighted by Crippen LogP contribution is -2.56. The summed E-state index contributed by atoms with van der Waals surface area (Å²) < 4.78 is 10.5. The second kappa shape index (κ2) is 6.17. The smallest absolute Gasteiger partial charge is 0.255 e. The summed E-state index contributed by atoms with van der Waals surface area (Å²) >= 11 is 0. The summed E-state index contributed by atoms with van der Waals surface area (Å²) in [6.07, 6.45) is 0.0791. The zero-order valence-electron chi connectivity index (χ0n) is 11.4. The largest absolute Gasteiger partial charge is 0.388 e. The SMILES string of the molecule is CO[C@@H]1COC[C@@H](N(C)C(=O)c2ccc(=O)[nH]c2)[C@@H]1O. The Labute approximate surface area is 116 Å². The standard InChI is InChI=1S/C13H18N2O5/c1-15(9-6-20-7-10(19-2)12(9)17)13(18)8-3-4-11(16)14-5-8/h3-5,9-10,12,17H,6-7H2,1-2H3,(H,14,16)/t9-,10-,12+/m1/s1. The summed E-state index contributed by atoms with van der Waals surface area (Å²) in [6, 6.07) is 2.24. The Bertz CT molecular complexity index is 509. The normalized spacial score (nSPS) is 26.2. The van der Waals surface area contributed by atoms with Gasteiger partial charge in [0, 0.05) is 26.4 Å². The third kappa shape index (κ3) is 2.90. The summed E-state index contributed by atoms with van der Waals surface area (Å²) in [4.78, 5) is 27.1. The fraction of sp³-hybridized carbons (Fsp3) is 0.538. The third-order valence-corrected chi connectivity index (χ3v) is 3.50. The fourth-order valence-electron chi connectivity index (χ4n) is 2.20. The van der Waals surface area contributed by atoms with Crippen molar-refractivity contribution in [2.24, 2.45) is 0 Å². The summed E-state index contributed by atoms with van der Waals surface area (Å²) in [5.41, 5.74) is 0.0727. The van der Waals surface area contributed by atoms with Crippen LogP contribution in [0.15, 0.2) is 23.1 Å². The molecule has 1 aromatic rings. The number of nitrogens with zero attached hydrogens (tertiary/aromatic N) is 1. The van der Waals surface area contributed by atoms with Gasteiger partial charge in [0.25, 0.3) is 5.91 Å². The fourth-order valence-corrected chi connectivity index (χ4v) is 2.20. The second-order valence-electron chi connectivity index (χ2n) is 4.73. The Hall–Kier alpha value is -1.70. The van der Waals surface area contributed by atoms with E-state index in [1.807, 2.05) is 0 Å². The number of aromatic nitrogens is 1. The van der Waals surface area contributed by atoms with Crippen molar-refractivity contribution in [2.45, 2.75) is 18.2 Å². The number of rotatable bonds is 3. The van der Waals surface area contributed by atoms with E-state index in [2.05, 4.69) is 4.98 Å². The van der Waals surface area contributed by atoms with E-state index < -0.39 is 18.2 Å². The molecule has 110 valence electrons. The van der Waals surface area contributed by atoms with Crippen LogP contribution in [-0.2, 0) is 9.47 Å². The molecular formula is C13H18N2O5. The van der Waals surface area contributed by atoms with Crippen LogP contribution in [0.5, 0.6) is 0 Å². The quantitative estimate of drug-likeness (QED) is 0.759. The average molecular weight is 282 g/mol. The van der Waals surface area contributed by atoms with Crippen LogP contribution in [0, 0.1) is 0 Å². The molecule has 0 aliphatic carbocycles. The number of hydrogen-bond acceptors (Lipinski definition) is 5. The van der Waals surface area contributed by atoms with Crippen LogP contribution in [0.25, 0.3) is 0 Å². The number of aliphatic hydroxyl groups excluding tert-OH is 1. The molecule has 0 bridgehead atoms. The number of H-pyrrole nitrogens is 1. The van der Waals surface area contributed by atoms with E-state index in [1.165, 1.54) is 30.3 Å². The number of nitrogens with one attached hydrogen (secondary N) is 1. The van der Waals surface area contributed by atoms with Gasteiger partial charge >= 0.3 is 0 Å². The topological polar surface area (TPSA) is 91.9 Å². The highest BCUT2D eigenvalue weighted by atomic mass is 16.5. The molecule has 7 heteroatoms. The first kappa shape index (κ1) is 14.7. The first-order chi connectivity index (χ1) is 9.54. The maximum Gasteiger partial charge on any atom is 0.255 e. The lowest BCUT2D eigenvalue weighted by atomic mass is 10.0. The molecule has 0 spiro atoms. The van der Waals surface area contributed by atoms with Gasteiger partial charge in [0.05, 0.1) is 24.8 Å². The highest BCUT2D eigenvalue weighted by Crippen LogP contribution is 2.17. The van der Waals surface area contributed by atoms with Gasteiger partial charge in [-0.25, -0.2) is 0 Å². The molecule has 1 amide bonds. The van der Waals surface area contributed by atoms with Crippen LogP contribution >= 0.6 is 0 Å². The van der Waals surface area contributed by atoms with Crippen molar-refractivity contribution in [1.29, 1.82) is 0 Å². The number of carbonyl (C=O) groups is 1. The zero-order valence-corrected chi connectivity index (χ0v) is 11.4. The minimum absolute atomic E-state index is 0.243. The van der Waals surface area contributed by atoms with Gasteiger partial charge in [-0.15, -0.1) is 0 Å². The van der Waals surface area contributed by atoms with E-state index >= 15 is 0 Å². The minimum Gasteiger partial charge on any atom is -0.388 e. The molecule has 2 rings (SSSR count). The maximum atomic E-state index is 12.3. The summed E-state index contributed by atoms with van der Waals surface area (Å²) in [5.74, 6) is -0.300. The molecule has 0 unspecified atom stereocenters. The Balaban J connectivity index is 2.13. The van der Waals surface area contributed by atoms with Crippen molar-refractivity contribution in [3.63, 3.8) is 0 Å². The molecule has 1 fully saturated rings. The summed E-state index contributed by atoms with van der Waals surface area (Å²) in [6.45, 7) is 0.543. The number of likely N-dealkylation sites (N-methyl/N-ethyl adjacent to an activating group) is 1. The molecule has 1 aliphatic heterocycles. The first-order valence-electron chi connectivity index (χ1n) is 6.29. The average Bonchev–Trinajstić information content (AvgIpc) is 2.47. The highest BCUT2D eigenvalue weighted by molar-refractivity contribution is 5.93.